The van der Waals surface area contributed by atoms with Crippen molar-refractivity contribution in [2.45, 2.75) is 32.1 Å². The zero-order valence-corrected chi connectivity index (χ0v) is 11.9. The van der Waals surface area contributed by atoms with Gasteiger partial charge in [-0.3, -0.25) is 4.79 Å². The van der Waals surface area contributed by atoms with Gasteiger partial charge >= 0.3 is 0 Å². The maximum Gasteiger partial charge on any atom is 0.258 e. The van der Waals surface area contributed by atoms with Gasteiger partial charge in [-0.1, -0.05) is 38.1 Å². The summed E-state index contributed by atoms with van der Waals surface area (Å²) in [5.41, 5.74) is 10.7. The van der Waals surface area contributed by atoms with E-state index in [4.69, 9.17) is 5.73 Å². The first-order valence-corrected chi connectivity index (χ1v) is 7.24. The Hall–Kier alpha value is -2.03. The Balaban J connectivity index is 2.10. The molecule has 20 heavy (non-hydrogen) atoms. The molecule has 0 aromatic heterocycles. The van der Waals surface area contributed by atoms with Crippen molar-refractivity contribution in [3.8, 4) is 0 Å². The first kappa shape index (κ1) is 13.0. The summed E-state index contributed by atoms with van der Waals surface area (Å²) in [5, 5.41) is 0. The highest BCUT2D eigenvalue weighted by Gasteiger charge is 2.37. The summed E-state index contributed by atoms with van der Waals surface area (Å²) in [6, 6.07) is 5.83. The van der Waals surface area contributed by atoms with Crippen LogP contribution >= 0.6 is 0 Å². The maximum atomic E-state index is 12.7. The lowest BCUT2D eigenvalue weighted by Gasteiger charge is -2.39. The second-order valence-corrected chi connectivity index (χ2v) is 5.52. The zero-order valence-electron chi connectivity index (χ0n) is 11.9. The molecule has 1 unspecified atom stereocenters. The molecule has 0 bridgehead atoms. The molecule has 0 spiro atoms. The molecule has 2 N–H and O–H groups in total. The molecule has 1 heterocycles. The molecule has 3 rings (SSSR count). The van der Waals surface area contributed by atoms with Crippen molar-refractivity contribution in [1.82, 2.24) is 4.90 Å². The number of carbonyl (C=O) groups excluding carboxylic acids is 1. The molecule has 1 aromatic rings. The van der Waals surface area contributed by atoms with Gasteiger partial charge in [-0.15, -0.1) is 0 Å². The number of nitrogens with zero attached hydrogens (tertiary/aromatic N) is 1. The smallest absolute Gasteiger partial charge is 0.258 e. The molecule has 104 valence electrons. The number of nitrogens with two attached hydrogens (primary N) is 1. The van der Waals surface area contributed by atoms with Crippen LogP contribution in [0.15, 0.2) is 36.6 Å². The van der Waals surface area contributed by atoms with Crippen molar-refractivity contribution in [3.63, 3.8) is 0 Å². The number of rotatable bonds is 3. The third-order valence-corrected chi connectivity index (χ3v) is 4.30. The highest BCUT2D eigenvalue weighted by atomic mass is 16.2. The van der Waals surface area contributed by atoms with Gasteiger partial charge in [0.15, 0.2) is 0 Å². The van der Waals surface area contributed by atoms with Crippen molar-refractivity contribution < 1.29 is 4.79 Å². The Morgan fingerprint density at radius 3 is 2.90 bits per heavy atom. The molecular weight excluding hydrogens is 248 g/mol. The van der Waals surface area contributed by atoms with Crippen molar-refractivity contribution in [1.29, 1.82) is 0 Å². The molecule has 1 amide bonds. The summed E-state index contributed by atoms with van der Waals surface area (Å²) < 4.78 is 0. The van der Waals surface area contributed by atoms with Gasteiger partial charge in [0.2, 0.25) is 0 Å². The van der Waals surface area contributed by atoms with E-state index in [0.717, 1.165) is 53.9 Å². The fraction of sp³-hybridized carbons (Fsp3) is 0.353. The van der Waals surface area contributed by atoms with Crippen molar-refractivity contribution >= 4 is 11.6 Å². The average molecular weight is 268 g/mol. The fourth-order valence-corrected chi connectivity index (χ4v) is 3.18. The van der Waals surface area contributed by atoms with E-state index < -0.39 is 0 Å². The van der Waals surface area contributed by atoms with E-state index in [9.17, 15) is 4.79 Å². The van der Waals surface area contributed by atoms with Crippen LogP contribution in [-0.4, -0.2) is 17.4 Å². The van der Waals surface area contributed by atoms with Crippen molar-refractivity contribution in [2.24, 2.45) is 5.73 Å². The lowest BCUT2D eigenvalue weighted by Crippen LogP contribution is -2.39. The molecule has 1 atom stereocenters. The second kappa shape index (κ2) is 4.82. The van der Waals surface area contributed by atoms with Crippen LogP contribution in [0.1, 0.15) is 53.6 Å². The number of hydrogen-bond donors (Lipinski definition) is 1. The Labute approximate surface area is 119 Å². The molecule has 0 radical (unpaired) electrons. The van der Waals surface area contributed by atoms with E-state index >= 15 is 0 Å². The summed E-state index contributed by atoms with van der Waals surface area (Å²) in [7, 11) is 0. The van der Waals surface area contributed by atoms with E-state index in [1.165, 1.54) is 0 Å². The van der Waals surface area contributed by atoms with Crippen LogP contribution in [0.3, 0.4) is 0 Å². The van der Waals surface area contributed by atoms with Crippen LogP contribution in [0, 0.1) is 0 Å². The molecule has 0 saturated heterocycles. The molecule has 2 aliphatic rings. The average Bonchev–Trinajstić information content (AvgIpc) is 2.46. The minimum Gasteiger partial charge on any atom is -0.398 e. The maximum absolute atomic E-state index is 12.7. The molecule has 3 nitrogen and oxygen atoms in total. The quantitative estimate of drug-likeness (QED) is 0.914. The first-order valence-electron chi connectivity index (χ1n) is 7.24. The first-order chi connectivity index (χ1) is 9.65. The van der Waals surface area contributed by atoms with Crippen molar-refractivity contribution in [3.05, 3.63) is 53.2 Å². The van der Waals surface area contributed by atoms with Crippen LogP contribution in [0.25, 0.3) is 5.70 Å². The number of carbonyl (C=O) groups is 1. The Kier molecular flexibility index (Phi) is 3.13. The minimum absolute atomic E-state index is 0.0752. The highest BCUT2D eigenvalue weighted by molar-refractivity contribution is 6.00. The topological polar surface area (TPSA) is 46.3 Å². The van der Waals surface area contributed by atoms with Crippen LogP contribution in [0.5, 0.6) is 0 Å². The predicted molar refractivity (Wildman–Crippen MR) is 81.0 cm³/mol. The normalized spacial score (nSPS) is 20.8. The fourth-order valence-electron chi connectivity index (χ4n) is 3.18. The number of unbranched alkanes of at least 4 members (excludes halogenated alkanes) is 1. The largest absolute Gasteiger partial charge is 0.398 e. The van der Waals surface area contributed by atoms with Crippen LogP contribution in [0.2, 0.25) is 0 Å². The van der Waals surface area contributed by atoms with Crippen LogP contribution in [0.4, 0.5) is 0 Å². The van der Waals surface area contributed by atoms with E-state index in [1.807, 2.05) is 23.1 Å². The van der Waals surface area contributed by atoms with Gasteiger partial charge in [-0.25, -0.2) is 0 Å². The van der Waals surface area contributed by atoms with E-state index in [0.29, 0.717) is 0 Å². The van der Waals surface area contributed by atoms with Crippen LogP contribution in [-0.2, 0) is 0 Å². The summed E-state index contributed by atoms with van der Waals surface area (Å²) in [5.74, 6) is 0.273. The molecule has 0 fully saturated rings. The molecule has 0 saturated carbocycles. The SMILES string of the molecule is C=C1C2CC=C(N)c3cccc(c32)C(=O)N1CCCC. The number of amides is 1. The van der Waals surface area contributed by atoms with Gasteiger partial charge in [0, 0.05) is 35.0 Å². The second-order valence-electron chi connectivity index (χ2n) is 5.52. The van der Waals surface area contributed by atoms with E-state index in [-0.39, 0.29) is 11.8 Å². The summed E-state index contributed by atoms with van der Waals surface area (Å²) in [6.07, 6.45) is 4.96. The monoisotopic (exact) mass is 268 g/mol. The van der Waals surface area contributed by atoms with Gasteiger partial charge in [-0.2, -0.15) is 0 Å². The predicted octanol–water partition coefficient (Wildman–Crippen LogP) is 3.24. The minimum atomic E-state index is 0.0752. The third kappa shape index (κ3) is 1.77. The summed E-state index contributed by atoms with van der Waals surface area (Å²) in [6.45, 7) is 7.07. The Morgan fingerprint density at radius 1 is 1.40 bits per heavy atom. The molecule has 1 aliphatic carbocycles. The molecular formula is C17H20N2O. The van der Waals surface area contributed by atoms with Crippen LogP contribution < -0.4 is 5.73 Å². The Bertz CT molecular complexity index is 615. The lowest BCUT2D eigenvalue weighted by molar-refractivity contribution is 0.0779. The number of hydrogen-bond acceptors (Lipinski definition) is 2. The zero-order chi connectivity index (χ0) is 14.3. The highest BCUT2D eigenvalue weighted by Crippen LogP contribution is 2.43. The third-order valence-electron chi connectivity index (χ3n) is 4.30. The lowest BCUT2D eigenvalue weighted by atomic mass is 9.77. The summed E-state index contributed by atoms with van der Waals surface area (Å²) in [4.78, 5) is 14.5. The molecule has 1 aromatic carbocycles. The number of allylic oxidation sites excluding steroid dienone is 2. The van der Waals surface area contributed by atoms with Crippen molar-refractivity contribution in [2.75, 3.05) is 6.54 Å². The molecule has 3 heteroatoms. The van der Waals surface area contributed by atoms with Gasteiger partial charge in [-0.05, 0) is 24.5 Å². The van der Waals surface area contributed by atoms with E-state index in [1.54, 1.807) is 0 Å². The number of benzene rings is 1. The Morgan fingerprint density at radius 2 is 2.15 bits per heavy atom. The van der Waals surface area contributed by atoms with Gasteiger partial charge in [0.25, 0.3) is 5.91 Å². The van der Waals surface area contributed by atoms with Gasteiger partial charge in [0.05, 0.1) is 0 Å². The van der Waals surface area contributed by atoms with Gasteiger partial charge < -0.3 is 10.6 Å². The van der Waals surface area contributed by atoms with Gasteiger partial charge in [0.1, 0.15) is 0 Å². The van der Waals surface area contributed by atoms with E-state index in [2.05, 4.69) is 19.6 Å². The summed E-state index contributed by atoms with van der Waals surface area (Å²) >= 11 is 0. The molecule has 1 aliphatic heterocycles. The standard InChI is InChI=1S/C17H20N2O/c1-3-4-10-19-11(2)12-8-9-15(18)13-6-5-7-14(16(12)13)17(19)20/h5-7,9,12H,2-4,8,10,18H2,1H3.